The molecule has 0 radical (unpaired) electrons. The zero-order valence-corrected chi connectivity index (χ0v) is 16.7. The number of carbonyl (C=O) groups is 2. The molecule has 1 heterocycles. The van der Waals surface area contributed by atoms with Crippen LogP contribution in [0, 0.1) is 6.92 Å². The second-order valence-corrected chi connectivity index (χ2v) is 7.26. The second kappa shape index (κ2) is 9.53. The molecule has 6 heteroatoms. The first-order chi connectivity index (χ1) is 13.5. The van der Waals surface area contributed by atoms with Gasteiger partial charge in [-0.05, 0) is 30.2 Å². The fourth-order valence-corrected chi connectivity index (χ4v) is 3.26. The lowest BCUT2D eigenvalue weighted by atomic mass is 10.2. The van der Waals surface area contributed by atoms with Crippen molar-refractivity contribution in [1.82, 2.24) is 9.80 Å². The van der Waals surface area contributed by atoms with E-state index in [4.69, 9.17) is 11.6 Å². The van der Waals surface area contributed by atoms with E-state index in [-0.39, 0.29) is 0 Å². The van der Waals surface area contributed by atoms with Gasteiger partial charge in [0.15, 0.2) is 0 Å². The molecule has 2 aromatic carbocycles. The molecule has 0 unspecified atom stereocenters. The molecular weight excluding hydrogens is 374 g/mol. The largest absolute Gasteiger partial charge is 0.332 e. The topological polar surface area (TPSA) is 52.7 Å². The Bertz CT molecular complexity index is 859. The SMILES string of the molecule is Cc1ccc(Cl)cc1NC(=O)C(=O)N1CCN(C/C=C/c2ccccc2)CC1. The average molecular weight is 398 g/mol. The van der Waals surface area contributed by atoms with Gasteiger partial charge in [0.1, 0.15) is 0 Å². The molecule has 1 N–H and O–H groups in total. The maximum absolute atomic E-state index is 12.5. The highest BCUT2D eigenvalue weighted by Gasteiger charge is 2.26. The molecule has 0 bridgehead atoms. The molecule has 1 aliphatic rings. The predicted molar refractivity (Wildman–Crippen MR) is 113 cm³/mol. The van der Waals surface area contributed by atoms with E-state index in [9.17, 15) is 9.59 Å². The number of amides is 2. The van der Waals surface area contributed by atoms with Crippen LogP contribution in [-0.4, -0.2) is 54.3 Å². The lowest BCUT2D eigenvalue weighted by molar-refractivity contribution is -0.144. The van der Waals surface area contributed by atoms with Crippen molar-refractivity contribution < 1.29 is 9.59 Å². The minimum atomic E-state index is -0.622. The highest BCUT2D eigenvalue weighted by Crippen LogP contribution is 2.20. The summed E-state index contributed by atoms with van der Waals surface area (Å²) in [4.78, 5) is 28.6. The molecule has 0 spiro atoms. The van der Waals surface area contributed by atoms with Crippen molar-refractivity contribution in [2.75, 3.05) is 38.0 Å². The van der Waals surface area contributed by atoms with Crippen molar-refractivity contribution >= 4 is 35.2 Å². The molecule has 0 aliphatic carbocycles. The van der Waals surface area contributed by atoms with Gasteiger partial charge in [0.2, 0.25) is 0 Å². The summed E-state index contributed by atoms with van der Waals surface area (Å²) in [7, 11) is 0. The first kappa shape index (κ1) is 20.1. The van der Waals surface area contributed by atoms with E-state index >= 15 is 0 Å². The van der Waals surface area contributed by atoms with Gasteiger partial charge in [-0.3, -0.25) is 14.5 Å². The third-order valence-electron chi connectivity index (χ3n) is 4.78. The summed E-state index contributed by atoms with van der Waals surface area (Å²) in [5.74, 6) is -1.12. The number of aryl methyl sites for hydroxylation is 1. The molecule has 0 aromatic heterocycles. The van der Waals surface area contributed by atoms with Crippen LogP contribution in [-0.2, 0) is 9.59 Å². The van der Waals surface area contributed by atoms with E-state index in [1.807, 2.05) is 31.2 Å². The van der Waals surface area contributed by atoms with Gasteiger partial charge in [-0.15, -0.1) is 0 Å². The number of rotatable bonds is 4. The van der Waals surface area contributed by atoms with Crippen LogP contribution in [0.4, 0.5) is 5.69 Å². The van der Waals surface area contributed by atoms with Gasteiger partial charge in [0, 0.05) is 43.4 Å². The van der Waals surface area contributed by atoms with Crippen molar-refractivity contribution in [3.8, 4) is 0 Å². The van der Waals surface area contributed by atoms with Crippen molar-refractivity contribution in [3.63, 3.8) is 0 Å². The lowest BCUT2D eigenvalue weighted by Crippen LogP contribution is -2.51. The van der Waals surface area contributed by atoms with Crippen LogP contribution in [0.25, 0.3) is 6.08 Å². The Hall–Kier alpha value is -2.63. The van der Waals surface area contributed by atoms with Crippen molar-refractivity contribution in [2.45, 2.75) is 6.92 Å². The summed E-state index contributed by atoms with van der Waals surface area (Å²) in [5.41, 5.74) is 2.60. The first-order valence-electron chi connectivity index (χ1n) is 9.33. The number of benzene rings is 2. The van der Waals surface area contributed by atoms with Crippen LogP contribution in [0.5, 0.6) is 0 Å². The number of piperazine rings is 1. The quantitative estimate of drug-likeness (QED) is 0.804. The molecule has 28 heavy (non-hydrogen) atoms. The Morgan fingerprint density at radius 2 is 1.79 bits per heavy atom. The number of anilines is 1. The van der Waals surface area contributed by atoms with E-state index in [0.29, 0.717) is 23.8 Å². The van der Waals surface area contributed by atoms with E-state index in [2.05, 4.69) is 34.5 Å². The highest BCUT2D eigenvalue weighted by atomic mass is 35.5. The molecule has 1 saturated heterocycles. The van der Waals surface area contributed by atoms with E-state index in [1.165, 1.54) is 5.56 Å². The standard InChI is InChI=1S/C22H24ClN3O2/c1-17-9-10-19(23)16-20(17)24-21(27)22(28)26-14-12-25(13-15-26)11-5-8-18-6-3-2-4-7-18/h2-10,16H,11-15H2,1H3,(H,24,27)/b8-5+. The third-order valence-corrected chi connectivity index (χ3v) is 5.01. The van der Waals surface area contributed by atoms with E-state index in [1.54, 1.807) is 17.0 Å². The molecule has 1 aliphatic heterocycles. The summed E-state index contributed by atoms with van der Waals surface area (Å²) in [6.45, 7) is 5.26. The molecule has 2 aromatic rings. The molecular formula is C22H24ClN3O2. The van der Waals surface area contributed by atoms with Crippen LogP contribution in [0.2, 0.25) is 5.02 Å². The number of nitrogens with zero attached hydrogens (tertiary/aromatic N) is 2. The summed E-state index contributed by atoms with van der Waals surface area (Å²) < 4.78 is 0. The lowest BCUT2D eigenvalue weighted by Gasteiger charge is -2.33. The summed E-state index contributed by atoms with van der Waals surface area (Å²) in [6, 6.07) is 15.4. The molecule has 3 rings (SSSR count). The Morgan fingerprint density at radius 3 is 2.50 bits per heavy atom. The minimum absolute atomic E-state index is 0.501. The summed E-state index contributed by atoms with van der Waals surface area (Å²) in [5, 5.41) is 3.19. The monoisotopic (exact) mass is 397 g/mol. The third kappa shape index (κ3) is 5.44. The Labute approximate surface area is 170 Å². The fraction of sp³-hybridized carbons (Fsp3) is 0.273. The number of carbonyl (C=O) groups excluding carboxylic acids is 2. The molecule has 5 nitrogen and oxygen atoms in total. The van der Waals surface area contributed by atoms with Crippen LogP contribution in [0.3, 0.4) is 0 Å². The molecule has 0 atom stereocenters. The zero-order chi connectivity index (χ0) is 19.9. The normalized spacial score (nSPS) is 15.0. The maximum atomic E-state index is 12.5. The average Bonchev–Trinajstić information content (AvgIpc) is 2.71. The van der Waals surface area contributed by atoms with E-state index in [0.717, 1.165) is 25.2 Å². The van der Waals surface area contributed by atoms with Gasteiger partial charge in [0.05, 0.1) is 0 Å². The van der Waals surface area contributed by atoms with Crippen LogP contribution in [0.15, 0.2) is 54.6 Å². The van der Waals surface area contributed by atoms with Gasteiger partial charge >= 0.3 is 11.8 Å². The Balaban J connectivity index is 1.47. The zero-order valence-electron chi connectivity index (χ0n) is 15.9. The van der Waals surface area contributed by atoms with Crippen molar-refractivity contribution in [1.29, 1.82) is 0 Å². The minimum Gasteiger partial charge on any atom is -0.332 e. The number of hydrogen-bond acceptors (Lipinski definition) is 3. The smallest absolute Gasteiger partial charge is 0.313 e. The number of halogens is 1. The Morgan fingerprint density at radius 1 is 1.07 bits per heavy atom. The number of hydrogen-bond donors (Lipinski definition) is 1. The highest BCUT2D eigenvalue weighted by molar-refractivity contribution is 6.39. The summed E-state index contributed by atoms with van der Waals surface area (Å²) >= 11 is 5.97. The first-order valence-corrected chi connectivity index (χ1v) is 9.71. The molecule has 146 valence electrons. The molecule has 0 saturated carbocycles. The van der Waals surface area contributed by atoms with Crippen LogP contribution < -0.4 is 5.32 Å². The maximum Gasteiger partial charge on any atom is 0.313 e. The van der Waals surface area contributed by atoms with Gasteiger partial charge in [-0.2, -0.15) is 0 Å². The second-order valence-electron chi connectivity index (χ2n) is 6.82. The summed E-state index contributed by atoms with van der Waals surface area (Å²) in [6.07, 6.45) is 4.22. The van der Waals surface area contributed by atoms with Crippen molar-refractivity contribution in [3.05, 3.63) is 70.8 Å². The van der Waals surface area contributed by atoms with Crippen LogP contribution >= 0.6 is 11.6 Å². The molecule has 1 fully saturated rings. The Kier molecular flexibility index (Phi) is 6.85. The number of nitrogens with one attached hydrogen (secondary N) is 1. The predicted octanol–water partition coefficient (Wildman–Crippen LogP) is 3.44. The van der Waals surface area contributed by atoms with Crippen LogP contribution in [0.1, 0.15) is 11.1 Å². The van der Waals surface area contributed by atoms with Gasteiger partial charge in [-0.1, -0.05) is 60.2 Å². The van der Waals surface area contributed by atoms with Gasteiger partial charge in [0.25, 0.3) is 0 Å². The van der Waals surface area contributed by atoms with Crippen molar-refractivity contribution in [2.24, 2.45) is 0 Å². The fourth-order valence-electron chi connectivity index (χ4n) is 3.08. The van der Waals surface area contributed by atoms with Gasteiger partial charge in [-0.25, -0.2) is 0 Å². The molecule has 2 amide bonds. The van der Waals surface area contributed by atoms with Gasteiger partial charge < -0.3 is 10.2 Å². The van der Waals surface area contributed by atoms with E-state index < -0.39 is 11.8 Å².